The summed E-state index contributed by atoms with van der Waals surface area (Å²) in [6, 6.07) is 0. The summed E-state index contributed by atoms with van der Waals surface area (Å²) in [4.78, 5) is 0. The van der Waals surface area contributed by atoms with Gasteiger partial charge in [0.2, 0.25) is 0 Å². The Hall–Kier alpha value is -1.08. The van der Waals surface area contributed by atoms with E-state index in [1.165, 1.54) is 56.9 Å². The molecule has 0 saturated heterocycles. The Labute approximate surface area is 173 Å². The predicted octanol–water partition coefficient (Wildman–Crippen LogP) is 7.68. The van der Waals surface area contributed by atoms with Crippen LogP contribution in [-0.2, 0) is 0 Å². The van der Waals surface area contributed by atoms with Gasteiger partial charge in [0.05, 0.1) is 6.10 Å². The summed E-state index contributed by atoms with van der Waals surface area (Å²) in [5.41, 5.74) is 7.96. The number of fused-ring (bicyclic) bond motifs is 1. The number of hydrogen-bond acceptors (Lipinski definition) is 1. The van der Waals surface area contributed by atoms with Crippen LogP contribution in [0.2, 0.25) is 0 Å². The zero-order chi connectivity index (χ0) is 20.3. The van der Waals surface area contributed by atoms with Crippen molar-refractivity contribution >= 4 is 0 Å². The smallest absolute Gasteiger partial charge is 0.0784 e. The molecule has 1 nitrogen and oxygen atoms in total. The van der Waals surface area contributed by atoms with Crippen molar-refractivity contribution in [2.45, 2.75) is 104 Å². The SMILES string of the molecule is C=C1CC/C(=C/C=C2\CCCC3(C)/C(=C(/C)CCCC(C)C)CCC23)CC1O. The van der Waals surface area contributed by atoms with Gasteiger partial charge in [-0.15, -0.1) is 0 Å². The molecular formula is C27H42O. The molecule has 3 fully saturated rings. The molecule has 0 aromatic heterocycles. The van der Waals surface area contributed by atoms with Crippen LogP contribution in [0.4, 0.5) is 0 Å². The third kappa shape index (κ3) is 4.73. The molecule has 1 N–H and O–H groups in total. The van der Waals surface area contributed by atoms with Gasteiger partial charge in [0.1, 0.15) is 0 Å². The molecule has 28 heavy (non-hydrogen) atoms. The second-order valence-corrected chi connectivity index (χ2v) is 10.4. The highest BCUT2D eigenvalue weighted by Crippen LogP contribution is 2.58. The number of rotatable bonds is 5. The van der Waals surface area contributed by atoms with E-state index < -0.39 is 0 Å². The average Bonchev–Trinajstić information content (AvgIpc) is 3.00. The highest BCUT2D eigenvalue weighted by molar-refractivity contribution is 5.35. The van der Waals surface area contributed by atoms with E-state index in [1.807, 2.05) is 0 Å². The van der Waals surface area contributed by atoms with Gasteiger partial charge in [0.15, 0.2) is 0 Å². The van der Waals surface area contributed by atoms with Crippen molar-refractivity contribution in [1.82, 2.24) is 0 Å². The van der Waals surface area contributed by atoms with Gasteiger partial charge in [-0.3, -0.25) is 0 Å². The number of aliphatic hydroxyl groups excluding tert-OH is 1. The maximum atomic E-state index is 10.1. The van der Waals surface area contributed by atoms with E-state index in [4.69, 9.17) is 0 Å². The molecule has 156 valence electrons. The van der Waals surface area contributed by atoms with Gasteiger partial charge in [-0.25, -0.2) is 0 Å². The summed E-state index contributed by atoms with van der Waals surface area (Å²) >= 11 is 0. The molecule has 3 aliphatic carbocycles. The molecule has 3 unspecified atom stereocenters. The molecule has 3 rings (SSSR count). The van der Waals surface area contributed by atoms with E-state index in [0.717, 1.165) is 36.7 Å². The molecule has 0 aromatic rings. The van der Waals surface area contributed by atoms with Crippen LogP contribution in [-0.4, -0.2) is 11.2 Å². The standard InChI is InChI=1S/C27H42O/c1-19(2)8-6-9-20(3)24-15-16-25-23(10-7-17-27(24,25)5)14-13-22-12-11-21(4)26(28)18-22/h13-14,19,25-26,28H,4,6-12,15-18H2,1-3,5H3/b22-13-,23-14+,24-20-. The van der Waals surface area contributed by atoms with Gasteiger partial charge in [-0.2, -0.15) is 0 Å². The third-order valence-electron chi connectivity index (χ3n) is 7.83. The lowest BCUT2D eigenvalue weighted by Crippen LogP contribution is -2.29. The number of hydrogen-bond donors (Lipinski definition) is 1. The Morgan fingerprint density at radius 1 is 1.21 bits per heavy atom. The Kier molecular flexibility index (Phi) is 7.07. The van der Waals surface area contributed by atoms with E-state index in [-0.39, 0.29) is 6.10 Å². The van der Waals surface area contributed by atoms with E-state index in [2.05, 4.69) is 46.4 Å². The van der Waals surface area contributed by atoms with Gasteiger partial charge < -0.3 is 5.11 Å². The minimum atomic E-state index is -0.329. The molecule has 0 spiro atoms. The Bertz CT molecular complexity index is 674. The summed E-state index contributed by atoms with van der Waals surface area (Å²) in [6.45, 7) is 13.6. The van der Waals surface area contributed by atoms with Gasteiger partial charge >= 0.3 is 0 Å². The Morgan fingerprint density at radius 2 is 2.00 bits per heavy atom. The van der Waals surface area contributed by atoms with Crippen LogP contribution in [0, 0.1) is 17.3 Å². The first kappa shape index (κ1) is 21.6. The fourth-order valence-electron chi connectivity index (χ4n) is 6.04. The zero-order valence-corrected chi connectivity index (χ0v) is 18.8. The topological polar surface area (TPSA) is 20.2 Å². The number of allylic oxidation sites excluding steroid dienone is 5. The summed E-state index contributed by atoms with van der Waals surface area (Å²) in [6.07, 6.45) is 17.8. The maximum absolute atomic E-state index is 10.1. The predicted molar refractivity (Wildman–Crippen MR) is 121 cm³/mol. The van der Waals surface area contributed by atoms with Crippen molar-refractivity contribution in [2.24, 2.45) is 17.3 Å². The summed E-state index contributed by atoms with van der Waals surface area (Å²) in [5, 5.41) is 10.1. The maximum Gasteiger partial charge on any atom is 0.0784 e. The molecule has 1 heteroatoms. The molecule has 0 aromatic carbocycles. The minimum Gasteiger partial charge on any atom is -0.388 e. The van der Waals surface area contributed by atoms with Crippen molar-refractivity contribution in [3.05, 3.63) is 46.6 Å². The van der Waals surface area contributed by atoms with Crippen LogP contribution in [0.3, 0.4) is 0 Å². The molecule has 0 heterocycles. The Balaban J connectivity index is 1.73. The third-order valence-corrected chi connectivity index (χ3v) is 7.83. The first-order valence-corrected chi connectivity index (χ1v) is 11.7. The first-order chi connectivity index (χ1) is 13.3. The summed E-state index contributed by atoms with van der Waals surface area (Å²) < 4.78 is 0. The zero-order valence-electron chi connectivity index (χ0n) is 18.8. The largest absolute Gasteiger partial charge is 0.388 e. The van der Waals surface area contributed by atoms with Gasteiger partial charge in [-0.05, 0) is 94.0 Å². The molecule has 3 saturated carbocycles. The van der Waals surface area contributed by atoms with Crippen LogP contribution in [0.5, 0.6) is 0 Å². The van der Waals surface area contributed by atoms with Gasteiger partial charge in [0, 0.05) is 0 Å². The summed E-state index contributed by atoms with van der Waals surface area (Å²) in [5.74, 6) is 1.55. The Morgan fingerprint density at radius 3 is 2.71 bits per heavy atom. The molecule has 0 amide bonds. The van der Waals surface area contributed by atoms with Crippen LogP contribution in [0.1, 0.15) is 98.3 Å². The molecule has 0 aliphatic heterocycles. The normalized spacial score (nSPS) is 35.7. The van der Waals surface area contributed by atoms with E-state index >= 15 is 0 Å². The molecule has 3 atom stereocenters. The fraction of sp³-hybridized carbons (Fsp3) is 0.704. The first-order valence-electron chi connectivity index (χ1n) is 11.7. The second kappa shape index (κ2) is 9.16. The van der Waals surface area contributed by atoms with Gasteiger partial charge in [-0.1, -0.05) is 68.2 Å². The van der Waals surface area contributed by atoms with Crippen LogP contribution >= 0.6 is 0 Å². The minimum absolute atomic E-state index is 0.329. The van der Waals surface area contributed by atoms with Crippen molar-refractivity contribution in [3.63, 3.8) is 0 Å². The highest BCUT2D eigenvalue weighted by Gasteiger charge is 2.46. The molecule has 3 aliphatic rings. The lowest BCUT2D eigenvalue weighted by molar-refractivity contribution is 0.197. The van der Waals surface area contributed by atoms with Crippen molar-refractivity contribution in [2.75, 3.05) is 0 Å². The van der Waals surface area contributed by atoms with E-state index in [9.17, 15) is 5.11 Å². The molecule has 0 radical (unpaired) electrons. The summed E-state index contributed by atoms with van der Waals surface area (Å²) in [7, 11) is 0. The van der Waals surface area contributed by atoms with Crippen molar-refractivity contribution in [1.29, 1.82) is 0 Å². The van der Waals surface area contributed by atoms with Crippen molar-refractivity contribution < 1.29 is 5.11 Å². The van der Waals surface area contributed by atoms with Crippen LogP contribution in [0.25, 0.3) is 0 Å². The lowest BCUT2D eigenvalue weighted by Gasteiger charge is -2.40. The van der Waals surface area contributed by atoms with Crippen LogP contribution in [0.15, 0.2) is 46.6 Å². The monoisotopic (exact) mass is 382 g/mol. The fourth-order valence-corrected chi connectivity index (χ4v) is 6.04. The molecular weight excluding hydrogens is 340 g/mol. The quantitative estimate of drug-likeness (QED) is 0.483. The average molecular weight is 383 g/mol. The van der Waals surface area contributed by atoms with E-state index in [1.54, 1.807) is 16.7 Å². The van der Waals surface area contributed by atoms with Crippen molar-refractivity contribution in [3.8, 4) is 0 Å². The number of aliphatic hydroxyl groups is 1. The lowest BCUT2D eigenvalue weighted by atomic mass is 9.64. The van der Waals surface area contributed by atoms with Crippen LogP contribution < -0.4 is 0 Å². The van der Waals surface area contributed by atoms with Gasteiger partial charge in [0.25, 0.3) is 0 Å². The second-order valence-electron chi connectivity index (χ2n) is 10.4. The van der Waals surface area contributed by atoms with E-state index in [0.29, 0.717) is 5.41 Å². The molecule has 0 bridgehead atoms. The highest BCUT2D eigenvalue weighted by atomic mass is 16.3.